The van der Waals surface area contributed by atoms with Gasteiger partial charge in [-0.3, -0.25) is 4.79 Å². The van der Waals surface area contributed by atoms with Gasteiger partial charge in [-0.25, -0.2) is 0 Å². The minimum atomic E-state index is 0.0493. The summed E-state index contributed by atoms with van der Waals surface area (Å²) in [6, 6.07) is 8.07. The maximum absolute atomic E-state index is 12.1. The summed E-state index contributed by atoms with van der Waals surface area (Å²) in [5, 5.41) is 3.13. The fraction of sp³-hybridized carbons (Fsp3) is 0.588. The molecule has 110 valence electrons. The number of ether oxygens (including phenoxy) is 1. The van der Waals surface area contributed by atoms with Crippen LogP contribution >= 0.6 is 0 Å². The molecule has 2 rings (SSSR count). The van der Waals surface area contributed by atoms with Gasteiger partial charge >= 0.3 is 0 Å². The summed E-state index contributed by atoms with van der Waals surface area (Å²) in [7, 11) is 0. The van der Waals surface area contributed by atoms with Crippen LogP contribution in [0.2, 0.25) is 0 Å². The maximum atomic E-state index is 12.1. The molecule has 1 aromatic rings. The zero-order chi connectivity index (χ0) is 14.4. The van der Waals surface area contributed by atoms with Crippen molar-refractivity contribution in [1.29, 1.82) is 0 Å². The first-order chi connectivity index (χ1) is 9.65. The Hall–Kier alpha value is -1.35. The van der Waals surface area contributed by atoms with Crippen LogP contribution in [0, 0.1) is 0 Å². The lowest BCUT2D eigenvalue weighted by molar-refractivity contribution is 0.0656. The van der Waals surface area contributed by atoms with Crippen molar-refractivity contribution >= 4 is 5.91 Å². The lowest BCUT2D eigenvalue weighted by Gasteiger charge is -2.22. The molecule has 0 aliphatic heterocycles. The van der Waals surface area contributed by atoms with E-state index in [4.69, 9.17) is 4.74 Å². The number of amides is 1. The van der Waals surface area contributed by atoms with Gasteiger partial charge in [-0.15, -0.1) is 0 Å². The van der Waals surface area contributed by atoms with Crippen LogP contribution in [-0.4, -0.2) is 18.1 Å². The van der Waals surface area contributed by atoms with Crippen molar-refractivity contribution in [3.63, 3.8) is 0 Å². The van der Waals surface area contributed by atoms with E-state index in [1.807, 2.05) is 38.1 Å². The largest absolute Gasteiger partial charge is 0.374 e. The van der Waals surface area contributed by atoms with Crippen molar-refractivity contribution in [2.75, 3.05) is 0 Å². The van der Waals surface area contributed by atoms with E-state index in [-0.39, 0.29) is 12.0 Å². The minimum absolute atomic E-state index is 0.0493. The molecule has 3 heteroatoms. The molecule has 1 saturated carbocycles. The van der Waals surface area contributed by atoms with Crippen LogP contribution < -0.4 is 5.32 Å². The number of carbonyl (C=O) groups excluding carboxylic acids is 1. The predicted octanol–water partition coefficient (Wildman–Crippen LogP) is 3.67. The van der Waals surface area contributed by atoms with Gasteiger partial charge in [0.1, 0.15) is 0 Å². The fourth-order valence-corrected chi connectivity index (χ4v) is 2.53. The summed E-state index contributed by atoms with van der Waals surface area (Å²) < 4.78 is 5.55. The number of rotatable bonds is 5. The quantitative estimate of drug-likeness (QED) is 0.890. The molecular formula is C17H25NO2. The molecule has 0 saturated heterocycles. The van der Waals surface area contributed by atoms with Crippen molar-refractivity contribution in [2.24, 2.45) is 0 Å². The van der Waals surface area contributed by atoms with Gasteiger partial charge in [0.25, 0.3) is 5.91 Å². The molecule has 1 aromatic carbocycles. The minimum Gasteiger partial charge on any atom is -0.374 e. The van der Waals surface area contributed by atoms with E-state index in [2.05, 4.69) is 5.32 Å². The molecule has 1 aliphatic carbocycles. The highest BCUT2D eigenvalue weighted by atomic mass is 16.5. The molecule has 1 fully saturated rings. The van der Waals surface area contributed by atoms with Gasteiger partial charge in [-0.2, -0.15) is 0 Å². The van der Waals surface area contributed by atoms with E-state index < -0.39 is 0 Å². The highest BCUT2D eigenvalue weighted by molar-refractivity contribution is 5.94. The van der Waals surface area contributed by atoms with Gasteiger partial charge < -0.3 is 10.1 Å². The Kier molecular flexibility index (Phi) is 5.60. The average molecular weight is 275 g/mol. The van der Waals surface area contributed by atoms with Crippen molar-refractivity contribution in [3.05, 3.63) is 35.4 Å². The lowest BCUT2D eigenvalue weighted by atomic mass is 9.95. The topological polar surface area (TPSA) is 38.3 Å². The van der Waals surface area contributed by atoms with Gasteiger partial charge in [0, 0.05) is 11.6 Å². The molecule has 0 spiro atoms. The number of nitrogens with one attached hydrogen (secondary N) is 1. The number of carbonyl (C=O) groups is 1. The van der Waals surface area contributed by atoms with Gasteiger partial charge in [0.15, 0.2) is 0 Å². The van der Waals surface area contributed by atoms with Crippen molar-refractivity contribution in [2.45, 2.75) is 64.7 Å². The first kappa shape index (κ1) is 15.0. The second-order valence-corrected chi connectivity index (χ2v) is 5.87. The molecule has 0 heterocycles. The number of hydrogen-bond donors (Lipinski definition) is 1. The molecule has 0 unspecified atom stereocenters. The van der Waals surface area contributed by atoms with E-state index in [1.54, 1.807) is 0 Å². The Balaban J connectivity index is 1.86. The van der Waals surface area contributed by atoms with Gasteiger partial charge in [0.05, 0.1) is 12.7 Å². The zero-order valence-electron chi connectivity index (χ0n) is 12.5. The maximum Gasteiger partial charge on any atom is 0.251 e. The Labute approximate surface area is 121 Å². The molecule has 20 heavy (non-hydrogen) atoms. The molecule has 0 aromatic heterocycles. The second kappa shape index (κ2) is 7.44. The summed E-state index contributed by atoms with van der Waals surface area (Å²) in [6.45, 7) is 4.64. The summed E-state index contributed by atoms with van der Waals surface area (Å²) in [4.78, 5) is 12.1. The van der Waals surface area contributed by atoms with Crippen molar-refractivity contribution < 1.29 is 9.53 Å². The molecule has 1 N–H and O–H groups in total. The molecule has 0 radical (unpaired) electrons. The summed E-state index contributed by atoms with van der Waals surface area (Å²) >= 11 is 0. The number of hydrogen-bond acceptors (Lipinski definition) is 2. The smallest absolute Gasteiger partial charge is 0.251 e. The van der Waals surface area contributed by atoms with E-state index in [0.29, 0.717) is 12.6 Å². The van der Waals surface area contributed by atoms with Crippen LogP contribution in [-0.2, 0) is 11.3 Å². The van der Waals surface area contributed by atoms with Gasteiger partial charge in [0.2, 0.25) is 0 Å². The Morgan fingerprint density at radius 2 is 1.85 bits per heavy atom. The Bertz CT molecular complexity index is 419. The normalized spacial score (nSPS) is 16.4. The van der Waals surface area contributed by atoms with Crippen LogP contribution in [0.4, 0.5) is 0 Å². The summed E-state index contributed by atoms with van der Waals surface area (Å²) in [5.41, 5.74) is 1.84. The standard InChI is InChI=1S/C17H25NO2/c1-13(2)20-12-14-8-10-15(11-9-14)17(19)18-16-6-4-3-5-7-16/h8-11,13,16H,3-7,12H2,1-2H3,(H,18,19). The first-order valence-corrected chi connectivity index (χ1v) is 7.66. The molecular weight excluding hydrogens is 250 g/mol. The van der Waals surface area contributed by atoms with E-state index in [0.717, 1.165) is 24.0 Å². The second-order valence-electron chi connectivity index (χ2n) is 5.87. The van der Waals surface area contributed by atoms with Gasteiger partial charge in [-0.1, -0.05) is 31.4 Å². The van der Waals surface area contributed by atoms with Crippen LogP contribution in [0.1, 0.15) is 61.9 Å². The highest BCUT2D eigenvalue weighted by Crippen LogP contribution is 2.18. The number of benzene rings is 1. The van der Waals surface area contributed by atoms with Crippen molar-refractivity contribution in [3.8, 4) is 0 Å². The molecule has 0 bridgehead atoms. The summed E-state index contributed by atoms with van der Waals surface area (Å²) in [5.74, 6) is 0.0493. The van der Waals surface area contributed by atoms with Gasteiger partial charge in [-0.05, 0) is 44.4 Å². The lowest BCUT2D eigenvalue weighted by Crippen LogP contribution is -2.36. The molecule has 0 atom stereocenters. The fourth-order valence-electron chi connectivity index (χ4n) is 2.53. The predicted molar refractivity (Wildman–Crippen MR) is 80.7 cm³/mol. The Morgan fingerprint density at radius 1 is 1.20 bits per heavy atom. The van der Waals surface area contributed by atoms with E-state index >= 15 is 0 Å². The molecule has 1 aliphatic rings. The molecule has 1 amide bonds. The monoisotopic (exact) mass is 275 g/mol. The van der Waals surface area contributed by atoms with E-state index in [1.165, 1.54) is 19.3 Å². The van der Waals surface area contributed by atoms with Crippen LogP contribution in [0.3, 0.4) is 0 Å². The van der Waals surface area contributed by atoms with E-state index in [9.17, 15) is 4.79 Å². The first-order valence-electron chi connectivity index (χ1n) is 7.66. The van der Waals surface area contributed by atoms with Crippen LogP contribution in [0.25, 0.3) is 0 Å². The third-order valence-corrected chi connectivity index (χ3v) is 3.74. The third-order valence-electron chi connectivity index (χ3n) is 3.74. The highest BCUT2D eigenvalue weighted by Gasteiger charge is 2.16. The van der Waals surface area contributed by atoms with Crippen LogP contribution in [0.5, 0.6) is 0 Å². The average Bonchev–Trinajstić information content (AvgIpc) is 2.46. The molecule has 3 nitrogen and oxygen atoms in total. The Morgan fingerprint density at radius 3 is 2.45 bits per heavy atom. The third kappa shape index (κ3) is 4.64. The van der Waals surface area contributed by atoms with Crippen LogP contribution in [0.15, 0.2) is 24.3 Å². The van der Waals surface area contributed by atoms with Crippen molar-refractivity contribution in [1.82, 2.24) is 5.32 Å². The zero-order valence-corrected chi connectivity index (χ0v) is 12.5. The SMILES string of the molecule is CC(C)OCc1ccc(C(=O)NC2CCCCC2)cc1. The summed E-state index contributed by atoms with van der Waals surface area (Å²) in [6.07, 6.45) is 6.23.